The van der Waals surface area contributed by atoms with Crippen molar-refractivity contribution in [3.63, 3.8) is 0 Å². The van der Waals surface area contributed by atoms with E-state index in [-0.39, 0.29) is 5.97 Å². The van der Waals surface area contributed by atoms with Crippen molar-refractivity contribution in [2.24, 2.45) is 5.92 Å². The van der Waals surface area contributed by atoms with Crippen LogP contribution in [0.4, 0.5) is 0 Å². The second-order valence-electron chi connectivity index (χ2n) is 10.9. The number of rotatable bonds is 12. The van der Waals surface area contributed by atoms with Crippen molar-refractivity contribution in [1.82, 2.24) is 9.63 Å². The second-order valence-corrected chi connectivity index (χ2v) is 12.0. The van der Waals surface area contributed by atoms with Crippen LogP contribution >= 0.6 is 11.8 Å². The van der Waals surface area contributed by atoms with Crippen LogP contribution in [0.2, 0.25) is 0 Å². The van der Waals surface area contributed by atoms with Crippen molar-refractivity contribution < 1.29 is 14.4 Å². The molecular weight excluding hydrogens is 492 g/mol. The fourth-order valence-electron chi connectivity index (χ4n) is 5.61. The molecule has 0 amide bonds. The number of carbonyl (C=O) groups excluding carboxylic acids is 1. The standard InChI is InChI=1S/C32H44N2O3S/c1-6-8-9-13-31(35)37-34-24(5)32(25-16-18-33(19-17-25)22-23(3)4)29-21-28(14-15-30(29)34)38-27-12-10-11-26(20-27)36-7-2/h10-12,14-15,20-21,23,25H,6-9,13,16-19,22H2,1-5H3. The van der Waals surface area contributed by atoms with Gasteiger partial charge in [-0.25, -0.2) is 4.79 Å². The number of hydrogen-bond donors (Lipinski definition) is 0. The maximum atomic E-state index is 12.7. The molecular formula is C32H44N2O3S. The van der Waals surface area contributed by atoms with Crippen LogP contribution in [-0.4, -0.2) is 41.8 Å². The quantitative estimate of drug-likeness (QED) is 0.220. The summed E-state index contributed by atoms with van der Waals surface area (Å²) in [6.45, 7) is 14.9. The molecule has 0 atom stereocenters. The van der Waals surface area contributed by atoms with Crippen LogP contribution in [0.1, 0.15) is 83.4 Å². The van der Waals surface area contributed by atoms with E-state index in [0.29, 0.717) is 24.9 Å². The highest BCUT2D eigenvalue weighted by atomic mass is 32.2. The van der Waals surface area contributed by atoms with Gasteiger partial charge in [0.25, 0.3) is 0 Å². The van der Waals surface area contributed by atoms with Crippen LogP contribution in [0.15, 0.2) is 52.3 Å². The van der Waals surface area contributed by atoms with Crippen LogP contribution in [0.5, 0.6) is 5.75 Å². The molecule has 4 rings (SSSR count). The Morgan fingerprint density at radius 2 is 1.82 bits per heavy atom. The first-order chi connectivity index (χ1) is 18.4. The zero-order valence-corrected chi connectivity index (χ0v) is 24.6. The molecule has 0 saturated carbocycles. The lowest BCUT2D eigenvalue weighted by molar-refractivity contribution is -0.144. The smallest absolute Gasteiger partial charge is 0.332 e. The molecule has 1 aromatic heterocycles. The van der Waals surface area contributed by atoms with Gasteiger partial charge in [0, 0.05) is 28.1 Å². The van der Waals surface area contributed by atoms with Crippen molar-refractivity contribution in [1.29, 1.82) is 0 Å². The van der Waals surface area contributed by atoms with E-state index in [1.807, 2.05) is 23.8 Å². The summed E-state index contributed by atoms with van der Waals surface area (Å²) < 4.78 is 7.52. The van der Waals surface area contributed by atoms with Crippen LogP contribution in [-0.2, 0) is 4.79 Å². The summed E-state index contributed by atoms with van der Waals surface area (Å²) in [4.78, 5) is 23.7. The number of piperidine rings is 1. The summed E-state index contributed by atoms with van der Waals surface area (Å²) in [7, 11) is 0. The highest BCUT2D eigenvalue weighted by molar-refractivity contribution is 7.99. The van der Waals surface area contributed by atoms with Gasteiger partial charge < -0.3 is 14.5 Å². The normalized spacial score (nSPS) is 14.9. The lowest BCUT2D eigenvalue weighted by atomic mass is 9.87. The summed E-state index contributed by atoms with van der Waals surface area (Å²) in [5.74, 6) is 1.89. The molecule has 38 heavy (non-hydrogen) atoms. The lowest BCUT2D eigenvalue weighted by Gasteiger charge is -2.33. The highest BCUT2D eigenvalue weighted by Crippen LogP contribution is 2.40. The number of benzene rings is 2. The highest BCUT2D eigenvalue weighted by Gasteiger charge is 2.28. The maximum Gasteiger partial charge on any atom is 0.332 e. The molecule has 2 aromatic carbocycles. The minimum Gasteiger partial charge on any atom is -0.494 e. The summed E-state index contributed by atoms with van der Waals surface area (Å²) in [5, 5.41) is 1.21. The number of nitrogens with zero attached hydrogens (tertiary/aromatic N) is 2. The maximum absolute atomic E-state index is 12.7. The summed E-state index contributed by atoms with van der Waals surface area (Å²) >= 11 is 1.74. The van der Waals surface area contributed by atoms with Crippen molar-refractivity contribution in [3.8, 4) is 5.75 Å². The molecule has 1 aliphatic heterocycles. The Bertz CT molecular complexity index is 1210. The molecule has 0 aliphatic carbocycles. The molecule has 0 spiro atoms. The van der Waals surface area contributed by atoms with E-state index in [4.69, 9.17) is 9.57 Å². The number of likely N-dealkylation sites (tertiary alicyclic amines) is 1. The van der Waals surface area contributed by atoms with Crippen molar-refractivity contribution in [3.05, 3.63) is 53.7 Å². The largest absolute Gasteiger partial charge is 0.494 e. The molecule has 2 heterocycles. The Balaban J connectivity index is 1.65. The van der Waals surface area contributed by atoms with Gasteiger partial charge >= 0.3 is 5.97 Å². The van der Waals surface area contributed by atoms with E-state index in [9.17, 15) is 4.79 Å². The fraction of sp³-hybridized carbons (Fsp3) is 0.531. The van der Waals surface area contributed by atoms with Gasteiger partial charge in [0.2, 0.25) is 0 Å². The summed E-state index contributed by atoms with van der Waals surface area (Å²) in [5.41, 5.74) is 3.39. The Labute approximate surface area is 232 Å². The summed E-state index contributed by atoms with van der Waals surface area (Å²) in [6.07, 6.45) is 5.73. The molecule has 5 nitrogen and oxygen atoms in total. The minimum absolute atomic E-state index is 0.150. The average molecular weight is 537 g/mol. The number of hydrogen-bond acceptors (Lipinski definition) is 5. The molecule has 0 bridgehead atoms. The molecule has 0 radical (unpaired) electrons. The van der Waals surface area contributed by atoms with E-state index in [0.717, 1.165) is 73.6 Å². The lowest BCUT2D eigenvalue weighted by Crippen LogP contribution is -2.35. The average Bonchev–Trinajstić information content (AvgIpc) is 3.15. The van der Waals surface area contributed by atoms with E-state index in [2.05, 4.69) is 62.9 Å². The zero-order chi connectivity index (χ0) is 27.1. The predicted octanol–water partition coefficient (Wildman–Crippen LogP) is 7.87. The number of fused-ring (bicyclic) bond motifs is 1. The molecule has 1 saturated heterocycles. The first-order valence-corrected chi connectivity index (χ1v) is 15.2. The molecule has 1 fully saturated rings. The van der Waals surface area contributed by atoms with E-state index in [1.54, 1.807) is 11.8 Å². The molecule has 1 aliphatic rings. The third kappa shape index (κ3) is 7.15. The van der Waals surface area contributed by atoms with Gasteiger partial charge in [0.1, 0.15) is 5.75 Å². The third-order valence-corrected chi connectivity index (χ3v) is 8.30. The second kappa shape index (κ2) is 13.6. The summed E-state index contributed by atoms with van der Waals surface area (Å²) in [6, 6.07) is 14.8. The van der Waals surface area contributed by atoms with Crippen LogP contribution in [0.25, 0.3) is 10.9 Å². The first-order valence-electron chi connectivity index (χ1n) is 14.4. The minimum atomic E-state index is -0.150. The number of ether oxygens (including phenoxy) is 1. The molecule has 3 aromatic rings. The van der Waals surface area contributed by atoms with E-state index >= 15 is 0 Å². The third-order valence-electron chi connectivity index (χ3n) is 7.32. The van der Waals surface area contributed by atoms with Gasteiger partial charge in [-0.1, -0.05) is 51.4 Å². The molecule has 6 heteroatoms. The Morgan fingerprint density at radius 3 is 2.53 bits per heavy atom. The van der Waals surface area contributed by atoms with E-state index < -0.39 is 0 Å². The predicted molar refractivity (Wildman–Crippen MR) is 157 cm³/mol. The van der Waals surface area contributed by atoms with Crippen molar-refractivity contribution >= 4 is 28.6 Å². The van der Waals surface area contributed by atoms with Crippen LogP contribution in [0, 0.1) is 12.8 Å². The van der Waals surface area contributed by atoms with Crippen molar-refractivity contribution in [2.45, 2.75) is 88.9 Å². The molecule has 206 valence electrons. The van der Waals surface area contributed by atoms with Crippen LogP contribution < -0.4 is 9.57 Å². The van der Waals surface area contributed by atoms with Gasteiger partial charge in [-0.2, -0.15) is 4.73 Å². The van der Waals surface area contributed by atoms with Crippen molar-refractivity contribution in [2.75, 3.05) is 26.2 Å². The van der Waals surface area contributed by atoms with Crippen LogP contribution in [0.3, 0.4) is 0 Å². The molecule has 0 N–H and O–H groups in total. The topological polar surface area (TPSA) is 43.7 Å². The van der Waals surface area contributed by atoms with E-state index in [1.165, 1.54) is 15.8 Å². The number of aromatic nitrogens is 1. The monoisotopic (exact) mass is 536 g/mol. The fourth-order valence-corrected chi connectivity index (χ4v) is 6.51. The van der Waals surface area contributed by atoms with Gasteiger partial charge in [-0.3, -0.25) is 0 Å². The van der Waals surface area contributed by atoms with Gasteiger partial charge in [-0.15, -0.1) is 0 Å². The Morgan fingerprint density at radius 1 is 1.05 bits per heavy atom. The Kier molecular flexibility index (Phi) is 10.2. The zero-order valence-electron chi connectivity index (χ0n) is 23.8. The van der Waals surface area contributed by atoms with Gasteiger partial charge in [0.15, 0.2) is 0 Å². The number of carbonyl (C=O) groups is 1. The number of unbranched alkanes of at least 4 members (excludes halogenated alkanes) is 2. The SMILES string of the molecule is CCCCCC(=O)On1c(C)c(C2CCN(CC(C)C)CC2)c2cc(Sc3cccc(OCC)c3)ccc21. The van der Waals surface area contributed by atoms with Gasteiger partial charge in [-0.05, 0) is 100.0 Å². The van der Waals surface area contributed by atoms with Gasteiger partial charge in [0.05, 0.1) is 17.8 Å². The molecule has 0 unspecified atom stereocenters. The Hall–Kier alpha value is -2.44. The first kappa shape index (κ1) is 28.6.